The number of carbonyl (C=O) groups is 1. The van der Waals surface area contributed by atoms with E-state index in [1.807, 2.05) is 6.92 Å². The SMILES string of the molecule is CC1(C=S)SCCN1C(=O)O. The molecule has 1 saturated heterocycles. The van der Waals surface area contributed by atoms with Crippen LogP contribution in [0, 0.1) is 0 Å². The molecule has 1 atom stereocenters. The summed E-state index contributed by atoms with van der Waals surface area (Å²) in [4.78, 5) is 11.5. The van der Waals surface area contributed by atoms with E-state index in [1.165, 1.54) is 10.3 Å². The van der Waals surface area contributed by atoms with Gasteiger partial charge < -0.3 is 5.11 Å². The smallest absolute Gasteiger partial charge is 0.408 e. The van der Waals surface area contributed by atoms with E-state index in [2.05, 4.69) is 0 Å². The summed E-state index contributed by atoms with van der Waals surface area (Å²) in [6.07, 6.45) is -0.890. The second-order valence-electron chi connectivity index (χ2n) is 2.46. The normalized spacial score (nSPS) is 30.5. The fourth-order valence-electron chi connectivity index (χ4n) is 1.03. The average Bonchev–Trinajstić information content (AvgIpc) is 2.32. The second-order valence-corrected chi connectivity index (χ2v) is 4.21. The van der Waals surface area contributed by atoms with Gasteiger partial charge in [-0.05, 0) is 6.92 Å². The fourth-order valence-corrected chi connectivity index (χ4v) is 2.44. The largest absolute Gasteiger partial charge is 0.465 e. The quantitative estimate of drug-likeness (QED) is 0.636. The van der Waals surface area contributed by atoms with Crippen molar-refractivity contribution in [1.82, 2.24) is 4.90 Å². The Bertz CT molecular complexity index is 197. The number of amides is 1. The second kappa shape index (κ2) is 2.98. The van der Waals surface area contributed by atoms with Crippen molar-refractivity contribution in [3.8, 4) is 0 Å². The molecule has 1 heterocycles. The van der Waals surface area contributed by atoms with Gasteiger partial charge in [-0.1, -0.05) is 12.2 Å². The zero-order valence-electron chi connectivity index (χ0n) is 6.11. The first-order valence-corrected chi connectivity index (χ1v) is 4.67. The summed E-state index contributed by atoms with van der Waals surface area (Å²) in [5, 5.41) is 10.2. The van der Waals surface area contributed by atoms with Gasteiger partial charge >= 0.3 is 6.09 Å². The number of nitrogens with zero attached hydrogens (tertiary/aromatic N) is 1. The monoisotopic (exact) mass is 191 g/mol. The van der Waals surface area contributed by atoms with Gasteiger partial charge in [0.15, 0.2) is 0 Å². The third kappa shape index (κ3) is 1.49. The topological polar surface area (TPSA) is 40.5 Å². The van der Waals surface area contributed by atoms with Crippen LogP contribution >= 0.6 is 24.0 Å². The molecule has 11 heavy (non-hydrogen) atoms. The molecular formula is C6H9NO2S2. The Hall–Kier alpha value is -0.290. The van der Waals surface area contributed by atoms with Gasteiger partial charge in [0.25, 0.3) is 0 Å². The molecule has 0 radical (unpaired) electrons. The highest BCUT2D eigenvalue weighted by molar-refractivity contribution is 8.02. The number of hydrogen-bond donors (Lipinski definition) is 1. The molecule has 0 aromatic carbocycles. The molecular weight excluding hydrogens is 182 g/mol. The molecule has 0 aliphatic carbocycles. The zero-order chi connectivity index (χ0) is 8.48. The molecule has 1 rings (SSSR count). The van der Waals surface area contributed by atoms with Crippen molar-refractivity contribution in [2.75, 3.05) is 12.3 Å². The van der Waals surface area contributed by atoms with Gasteiger partial charge in [-0.3, -0.25) is 4.90 Å². The van der Waals surface area contributed by atoms with Gasteiger partial charge in [0.1, 0.15) is 4.87 Å². The molecule has 0 spiro atoms. The maximum Gasteiger partial charge on any atom is 0.408 e. The number of thioether (sulfide) groups is 1. The van der Waals surface area contributed by atoms with E-state index in [9.17, 15) is 4.79 Å². The summed E-state index contributed by atoms with van der Waals surface area (Å²) in [7, 11) is 0. The highest BCUT2D eigenvalue weighted by Gasteiger charge is 2.38. The zero-order valence-corrected chi connectivity index (χ0v) is 7.74. The Kier molecular flexibility index (Phi) is 2.39. The van der Waals surface area contributed by atoms with Gasteiger partial charge in [0, 0.05) is 17.7 Å². The average molecular weight is 191 g/mol. The molecule has 1 unspecified atom stereocenters. The highest BCUT2D eigenvalue weighted by Crippen LogP contribution is 2.33. The van der Waals surface area contributed by atoms with E-state index in [0.717, 1.165) is 5.75 Å². The van der Waals surface area contributed by atoms with Gasteiger partial charge in [-0.25, -0.2) is 4.79 Å². The van der Waals surface area contributed by atoms with Crippen molar-refractivity contribution in [3.05, 3.63) is 0 Å². The van der Waals surface area contributed by atoms with Crippen molar-refractivity contribution in [2.45, 2.75) is 11.8 Å². The van der Waals surface area contributed by atoms with E-state index in [1.54, 1.807) is 11.8 Å². The molecule has 1 N–H and O–H groups in total. The van der Waals surface area contributed by atoms with Crippen LogP contribution in [0.4, 0.5) is 4.79 Å². The molecule has 62 valence electrons. The van der Waals surface area contributed by atoms with Gasteiger partial charge in [0.05, 0.1) is 0 Å². The van der Waals surface area contributed by atoms with Crippen molar-refractivity contribution in [1.29, 1.82) is 0 Å². The Morgan fingerprint density at radius 1 is 1.91 bits per heavy atom. The first kappa shape index (κ1) is 8.80. The minimum Gasteiger partial charge on any atom is -0.465 e. The standard InChI is InChI=1S/C6H9NO2S2/c1-6(4-10)7(5(8)9)2-3-11-6/h4H,2-3H2,1H3,(H,8,9). The predicted molar refractivity (Wildman–Crippen MR) is 49.2 cm³/mol. The van der Waals surface area contributed by atoms with Crippen molar-refractivity contribution in [3.63, 3.8) is 0 Å². The first-order valence-electron chi connectivity index (χ1n) is 3.21. The van der Waals surface area contributed by atoms with Crippen LogP contribution in [0.2, 0.25) is 0 Å². The van der Waals surface area contributed by atoms with Gasteiger partial charge in [-0.15, -0.1) is 11.8 Å². The molecule has 3 nitrogen and oxygen atoms in total. The number of carboxylic acid groups (broad SMARTS) is 1. The predicted octanol–water partition coefficient (Wildman–Crippen LogP) is 1.43. The van der Waals surface area contributed by atoms with Crippen LogP contribution in [0.5, 0.6) is 0 Å². The fraction of sp³-hybridized carbons (Fsp3) is 0.667. The summed E-state index contributed by atoms with van der Waals surface area (Å²) in [6.45, 7) is 2.40. The van der Waals surface area contributed by atoms with Gasteiger partial charge in [-0.2, -0.15) is 0 Å². The molecule has 1 amide bonds. The summed E-state index contributed by atoms with van der Waals surface area (Å²) in [6, 6.07) is 0. The molecule has 1 fully saturated rings. The number of thiocarbonyl (C=S) groups is 1. The van der Waals surface area contributed by atoms with Crippen LogP contribution in [-0.4, -0.2) is 38.6 Å². The van der Waals surface area contributed by atoms with Crippen molar-refractivity contribution < 1.29 is 9.90 Å². The van der Waals surface area contributed by atoms with E-state index in [4.69, 9.17) is 17.3 Å². The lowest BCUT2D eigenvalue weighted by molar-refractivity contribution is 0.142. The van der Waals surface area contributed by atoms with Crippen LogP contribution in [0.1, 0.15) is 6.92 Å². The Morgan fingerprint density at radius 2 is 2.55 bits per heavy atom. The van der Waals surface area contributed by atoms with Crippen molar-refractivity contribution >= 4 is 35.4 Å². The van der Waals surface area contributed by atoms with Gasteiger partial charge in [0.2, 0.25) is 0 Å². The van der Waals surface area contributed by atoms with E-state index < -0.39 is 11.0 Å². The lowest BCUT2D eigenvalue weighted by Crippen LogP contribution is -2.43. The maximum atomic E-state index is 10.6. The summed E-state index contributed by atoms with van der Waals surface area (Å²) < 4.78 is 0. The molecule has 1 aliphatic heterocycles. The summed E-state index contributed by atoms with van der Waals surface area (Å²) >= 11 is 6.34. The lowest BCUT2D eigenvalue weighted by atomic mass is 10.3. The molecule has 0 bridgehead atoms. The highest BCUT2D eigenvalue weighted by atomic mass is 32.2. The van der Waals surface area contributed by atoms with Crippen molar-refractivity contribution in [2.24, 2.45) is 0 Å². The van der Waals surface area contributed by atoms with Crippen LogP contribution < -0.4 is 0 Å². The van der Waals surface area contributed by atoms with Crippen LogP contribution in [0.3, 0.4) is 0 Å². The van der Waals surface area contributed by atoms with E-state index >= 15 is 0 Å². The Balaban J connectivity index is 2.80. The Labute approximate surface area is 74.8 Å². The van der Waals surface area contributed by atoms with Crippen LogP contribution in [0.15, 0.2) is 0 Å². The summed E-state index contributed by atoms with van der Waals surface area (Å²) in [5.74, 6) is 0.829. The van der Waals surface area contributed by atoms with E-state index in [0.29, 0.717) is 6.54 Å². The molecule has 0 aromatic rings. The molecule has 5 heteroatoms. The minimum atomic E-state index is -0.890. The van der Waals surface area contributed by atoms with E-state index in [-0.39, 0.29) is 0 Å². The lowest BCUT2D eigenvalue weighted by Gasteiger charge is -2.27. The minimum absolute atomic E-state index is 0.485. The number of hydrogen-bond acceptors (Lipinski definition) is 3. The Morgan fingerprint density at radius 3 is 2.91 bits per heavy atom. The molecule has 0 aromatic heterocycles. The summed E-state index contributed by atoms with van der Waals surface area (Å²) in [5.41, 5.74) is 0. The maximum absolute atomic E-state index is 10.6. The van der Waals surface area contributed by atoms with Crippen LogP contribution in [-0.2, 0) is 0 Å². The third-order valence-electron chi connectivity index (χ3n) is 1.69. The van der Waals surface area contributed by atoms with Crippen LogP contribution in [0.25, 0.3) is 0 Å². The number of rotatable bonds is 1. The molecule has 1 aliphatic rings. The third-order valence-corrected chi connectivity index (χ3v) is 3.61. The first-order chi connectivity index (χ1) is 5.10. The molecule has 0 saturated carbocycles.